The molecule has 0 radical (unpaired) electrons. The molecule has 1 aromatic carbocycles. The molecule has 1 aromatic rings. The van der Waals surface area contributed by atoms with Gasteiger partial charge < -0.3 is 19.7 Å². The minimum absolute atomic E-state index is 0.175. The molecule has 2 atom stereocenters. The van der Waals surface area contributed by atoms with Crippen LogP contribution in [0.4, 0.5) is 0 Å². The lowest BCUT2D eigenvalue weighted by molar-refractivity contribution is 0.0890. The van der Waals surface area contributed by atoms with E-state index in [4.69, 9.17) is 9.47 Å². The molecule has 5 heteroatoms. The van der Waals surface area contributed by atoms with Gasteiger partial charge in [-0.15, -0.1) is 11.5 Å². The van der Waals surface area contributed by atoms with Crippen LogP contribution < -0.4 is 9.47 Å². The Kier molecular flexibility index (Phi) is 16.9. The Balaban J connectivity index is 2.36. The summed E-state index contributed by atoms with van der Waals surface area (Å²) >= 11 is 0. The van der Waals surface area contributed by atoms with Crippen LogP contribution in [0.2, 0.25) is 18.1 Å². The summed E-state index contributed by atoms with van der Waals surface area (Å²) in [5, 5.41) is 20.6. The maximum atomic E-state index is 10.3. The molecule has 0 spiro atoms. The van der Waals surface area contributed by atoms with E-state index in [2.05, 4.69) is 39.2 Å². The quantitative estimate of drug-likeness (QED) is 0.123. The molecule has 194 valence electrons. The van der Waals surface area contributed by atoms with E-state index in [9.17, 15) is 10.2 Å². The Morgan fingerprint density at radius 1 is 0.735 bits per heavy atom. The third-order valence-electron chi connectivity index (χ3n) is 6.82. The summed E-state index contributed by atoms with van der Waals surface area (Å²) in [6.45, 7) is 9.37. The number of benzene rings is 1. The number of rotatable bonds is 19. The van der Waals surface area contributed by atoms with Crippen molar-refractivity contribution in [2.24, 2.45) is 0 Å². The van der Waals surface area contributed by atoms with E-state index in [-0.39, 0.29) is 13.2 Å². The first kappa shape index (κ1) is 30.5. The Morgan fingerprint density at radius 2 is 1.24 bits per heavy atom. The number of ether oxygens (including phenoxy) is 2. The Bertz CT molecular complexity index is 685. The van der Waals surface area contributed by atoms with Gasteiger partial charge in [0.15, 0.2) is 11.5 Å². The smallest absolute Gasteiger partial charge is 0.161 e. The normalized spacial score (nSPS) is 13.1. The topological polar surface area (TPSA) is 58.9 Å². The molecular formula is C29H50O4Si. The number of para-hydroxylation sites is 2. The van der Waals surface area contributed by atoms with Crippen LogP contribution in [0.15, 0.2) is 24.3 Å². The molecule has 0 aliphatic rings. The van der Waals surface area contributed by atoms with Gasteiger partial charge in [-0.2, -0.15) is 0 Å². The minimum Gasteiger partial charge on any atom is -0.487 e. The summed E-state index contributed by atoms with van der Waals surface area (Å²) in [5.41, 5.74) is 3.51. The van der Waals surface area contributed by atoms with E-state index < -0.39 is 20.3 Å². The van der Waals surface area contributed by atoms with Gasteiger partial charge in [-0.05, 0) is 36.7 Å². The monoisotopic (exact) mass is 490 g/mol. The SMILES string of the molecule is CCCCCCCCCC[C@@H](O)COc1ccccc1OC[C@@H](O)CC#C[Si](CC)(CC)CC. The van der Waals surface area contributed by atoms with Crippen molar-refractivity contribution in [1.82, 2.24) is 0 Å². The average Bonchev–Trinajstić information content (AvgIpc) is 2.86. The highest BCUT2D eigenvalue weighted by Crippen LogP contribution is 2.27. The highest BCUT2D eigenvalue weighted by molar-refractivity contribution is 6.87. The van der Waals surface area contributed by atoms with Crippen molar-refractivity contribution in [3.63, 3.8) is 0 Å². The summed E-state index contributed by atoms with van der Waals surface area (Å²) in [7, 11) is -1.48. The van der Waals surface area contributed by atoms with Crippen LogP contribution in [-0.2, 0) is 0 Å². The zero-order chi connectivity index (χ0) is 25.1. The average molecular weight is 491 g/mol. The lowest BCUT2D eigenvalue weighted by atomic mass is 10.1. The second-order valence-corrected chi connectivity index (χ2v) is 14.4. The third-order valence-corrected chi connectivity index (χ3v) is 11.6. The van der Waals surface area contributed by atoms with Gasteiger partial charge in [-0.25, -0.2) is 0 Å². The van der Waals surface area contributed by atoms with Crippen LogP contribution >= 0.6 is 0 Å². The van der Waals surface area contributed by atoms with E-state index in [1.807, 2.05) is 24.3 Å². The number of hydrogen-bond acceptors (Lipinski definition) is 4. The zero-order valence-electron chi connectivity index (χ0n) is 22.3. The number of hydrogen-bond donors (Lipinski definition) is 2. The molecule has 0 bridgehead atoms. The molecule has 0 unspecified atom stereocenters. The van der Waals surface area contributed by atoms with Crippen molar-refractivity contribution < 1.29 is 19.7 Å². The molecule has 0 saturated heterocycles. The Labute approximate surface area is 210 Å². The first-order valence-electron chi connectivity index (χ1n) is 13.7. The zero-order valence-corrected chi connectivity index (χ0v) is 23.3. The molecule has 4 nitrogen and oxygen atoms in total. The second kappa shape index (κ2) is 18.8. The van der Waals surface area contributed by atoms with Crippen molar-refractivity contribution in [3.8, 4) is 23.0 Å². The van der Waals surface area contributed by atoms with Crippen LogP contribution in [-0.4, -0.2) is 43.7 Å². The molecule has 34 heavy (non-hydrogen) atoms. The van der Waals surface area contributed by atoms with Crippen LogP contribution in [0.1, 0.15) is 91.9 Å². The van der Waals surface area contributed by atoms with Gasteiger partial charge in [0.1, 0.15) is 21.3 Å². The summed E-state index contributed by atoms with van der Waals surface area (Å²) in [6.07, 6.45) is 10.1. The van der Waals surface area contributed by atoms with Gasteiger partial charge in [0.2, 0.25) is 0 Å². The first-order valence-corrected chi connectivity index (χ1v) is 16.3. The van der Waals surface area contributed by atoms with Crippen molar-refractivity contribution in [2.75, 3.05) is 13.2 Å². The molecule has 0 aromatic heterocycles. The summed E-state index contributed by atoms with van der Waals surface area (Å²) in [6, 6.07) is 10.9. The Hall–Kier alpha value is -1.48. The largest absolute Gasteiger partial charge is 0.487 e. The van der Waals surface area contributed by atoms with Crippen LogP contribution in [0.25, 0.3) is 0 Å². The maximum Gasteiger partial charge on any atom is 0.161 e. The van der Waals surface area contributed by atoms with Gasteiger partial charge in [-0.3, -0.25) is 0 Å². The van der Waals surface area contributed by atoms with E-state index in [1.54, 1.807) is 0 Å². The first-order chi connectivity index (χ1) is 16.5. The molecular weight excluding hydrogens is 440 g/mol. The van der Waals surface area contributed by atoms with Gasteiger partial charge in [0.05, 0.1) is 12.2 Å². The number of aliphatic hydroxyl groups is 2. The van der Waals surface area contributed by atoms with Gasteiger partial charge in [-0.1, -0.05) is 91.2 Å². The van der Waals surface area contributed by atoms with Crippen molar-refractivity contribution >= 4 is 8.07 Å². The highest BCUT2D eigenvalue weighted by atomic mass is 28.3. The molecule has 0 aliphatic heterocycles. The fourth-order valence-corrected chi connectivity index (χ4v) is 6.60. The van der Waals surface area contributed by atoms with E-state index in [0.717, 1.165) is 31.0 Å². The lowest BCUT2D eigenvalue weighted by Gasteiger charge is -2.20. The maximum absolute atomic E-state index is 10.3. The van der Waals surface area contributed by atoms with Crippen molar-refractivity contribution in [1.29, 1.82) is 0 Å². The second-order valence-electron chi connectivity index (χ2n) is 9.49. The van der Waals surface area contributed by atoms with Gasteiger partial charge >= 0.3 is 0 Å². The standard InChI is InChI=1S/C29H50O4Si/c1-5-9-10-11-12-13-14-15-19-26(30)24-32-28-21-16-17-22-29(28)33-25-27(31)20-18-23-34(6-2,7-3)8-4/h16-17,21-22,26-27,30-31H,5-15,19-20,24-25H2,1-4H3/t26-,27+/m1/s1. The summed E-state index contributed by atoms with van der Waals surface area (Å²) in [4.78, 5) is 0. The van der Waals surface area contributed by atoms with E-state index >= 15 is 0 Å². The molecule has 0 saturated carbocycles. The van der Waals surface area contributed by atoms with Crippen LogP contribution in [0.5, 0.6) is 11.5 Å². The molecule has 0 heterocycles. The molecule has 1 rings (SSSR count). The predicted octanol–water partition coefficient (Wildman–Crippen LogP) is 7.14. The van der Waals surface area contributed by atoms with Crippen molar-refractivity contribution in [2.45, 2.75) is 122 Å². The van der Waals surface area contributed by atoms with Gasteiger partial charge in [0, 0.05) is 6.42 Å². The molecule has 2 N–H and O–H groups in total. The highest BCUT2D eigenvalue weighted by Gasteiger charge is 2.24. The summed E-state index contributed by atoms with van der Waals surface area (Å²) < 4.78 is 11.7. The number of aliphatic hydroxyl groups excluding tert-OH is 2. The number of unbranched alkanes of at least 4 members (excludes halogenated alkanes) is 7. The predicted molar refractivity (Wildman–Crippen MR) is 146 cm³/mol. The fraction of sp³-hybridized carbons (Fsp3) is 0.724. The molecule has 0 aliphatic carbocycles. The third kappa shape index (κ3) is 12.8. The minimum atomic E-state index is -1.48. The lowest BCUT2D eigenvalue weighted by Crippen LogP contribution is -2.29. The van der Waals surface area contributed by atoms with E-state index in [1.165, 1.54) is 44.9 Å². The molecule has 0 fully saturated rings. The van der Waals surface area contributed by atoms with Crippen molar-refractivity contribution in [3.05, 3.63) is 24.3 Å². The summed E-state index contributed by atoms with van der Waals surface area (Å²) in [5.74, 6) is 4.42. The van der Waals surface area contributed by atoms with Crippen LogP contribution in [0.3, 0.4) is 0 Å². The molecule has 0 amide bonds. The van der Waals surface area contributed by atoms with Crippen LogP contribution in [0, 0.1) is 11.5 Å². The Morgan fingerprint density at radius 3 is 1.76 bits per heavy atom. The van der Waals surface area contributed by atoms with E-state index in [0.29, 0.717) is 17.9 Å². The van der Waals surface area contributed by atoms with Gasteiger partial charge in [0.25, 0.3) is 0 Å². The fourth-order valence-electron chi connectivity index (χ4n) is 4.09.